The highest BCUT2D eigenvalue weighted by Crippen LogP contribution is 2.19. The van der Waals surface area contributed by atoms with Crippen molar-refractivity contribution in [2.75, 3.05) is 6.54 Å². The van der Waals surface area contributed by atoms with Crippen molar-refractivity contribution < 1.29 is 4.79 Å². The standard InChI is InChI=1S/C11H19ClN4O/c1-4-14-9(11(13)17)5-6-16-8(3)10(12)7(2)15-16/h9,14H,4-6H2,1-3H3,(H2,13,17). The van der Waals surface area contributed by atoms with Crippen molar-refractivity contribution in [1.29, 1.82) is 0 Å². The van der Waals surface area contributed by atoms with Gasteiger partial charge in [-0.1, -0.05) is 18.5 Å². The molecule has 1 unspecified atom stereocenters. The number of primary amides is 1. The molecule has 1 rings (SSSR count). The van der Waals surface area contributed by atoms with Crippen molar-refractivity contribution in [3.05, 3.63) is 16.4 Å². The van der Waals surface area contributed by atoms with Crippen LogP contribution in [-0.4, -0.2) is 28.3 Å². The maximum Gasteiger partial charge on any atom is 0.234 e. The van der Waals surface area contributed by atoms with Crippen LogP contribution >= 0.6 is 11.6 Å². The van der Waals surface area contributed by atoms with Crippen LogP contribution in [0.4, 0.5) is 0 Å². The third-order valence-electron chi connectivity index (χ3n) is 2.72. The molecule has 6 heteroatoms. The summed E-state index contributed by atoms with van der Waals surface area (Å²) in [6.07, 6.45) is 0.613. The largest absolute Gasteiger partial charge is 0.368 e. The van der Waals surface area contributed by atoms with Gasteiger partial charge in [-0.2, -0.15) is 5.10 Å². The molecule has 0 radical (unpaired) electrons. The fourth-order valence-corrected chi connectivity index (χ4v) is 1.87. The van der Waals surface area contributed by atoms with Crippen molar-refractivity contribution in [3.63, 3.8) is 0 Å². The third kappa shape index (κ3) is 3.44. The van der Waals surface area contributed by atoms with Gasteiger partial charge in [0.2, 0.25) is 5.91 Å². The first-order chi connectivity index (χ1) is 7.97. The van der Waals surface area contributed by atoms with Gasteiger partial charge in [0.05, 0.1) is 22.5 Å². The first kappa shape index (κ1) is 14.0. The summed E-state index contributed by atoms with van der Waals surface area (Å²) in [6, 6.07) is -0.317. The Morgan fingerprint density at radius 3 is 2.65 bits per heavy atom. The molecular formula is C11H19ClN4O. The van der Waals surface area contributed by atoms with Gasteiger partial charge < -0.3 is 11.1 Å². The molecule has 17 heavy (non-hydrogen) atoms. The number of carbonyl (C=O) groups is 1. The van der Waals surface area contributed by atoms with E-state index in [4.69, 9.17) is 17.3 Å². The molecule has 96 valence electrons. The molecule has 0 spiro atoms. The Morgan fingerprint density at radius 1 is 1.59 bits per heavy atom. The van der Waals surface area contributed by atoms with E-state index in [1.165, 1.54) is 0 Å². The number of rotatable bonds is 6. The monoisotopic (exact) mass is 258 g/mol. The molecule has 0 aromatic carbocycles. The number of nitrogens with zero attached hydrogens (tertiary/aromatic N) is 2. The van der Waals surface area contributed by atoms with Crippen molar-refractivity contribution in [1.82, 2.24) is 15.1 Å². The first-order valence-corrected chi connectivity index (χ1v) is 6.07. The number of aromatic nitrogens is 2. The highest BCUT2D eigenvalue weighted by molar-refractivity contribution is 6.31. The lowest BCUT2D eigenvalue weighted by atomic mass is 10.2. The van der Waals surface area contributed by atoms with E-state index in [0.29, 0.717) is 24.5 Å². The van der Waals surface area contributed by atoms with Gasteiger partial charge in [0.25, 0.3) is 0 Å². The van der Waals surface area contributed by atoms with Crippen LogP contribution < -0.4 is 11.1 Å². The Hall–Kier alpha value is -1.07. The summed E-state index contributed by atoms with van der Waals surface area (Å²) in [7, 11) is 0. The maximum atomic E-state index is 11.2. The zero-order chi connectivity index (χ0) is 13.0. The number of hydrogen-bond donors (Lipinski definition) is 2. The number of nitrogens with two attached hydrogens (primary N) is 1. The predicted octanol–water partition coefficient (Wildman–Crippen LogP) is 1.01. The van der Waals surface area contributed by atoms with Gasteiger partial charge in [-0.15, -0.1) is 0 Å². The van der Waals surface area contributed by atoms with Crippen molar-refractivity contribution in [3.8, 4) is 0 Å². The van der Waals surface area contributed by atoms with Crippen LogP contribution in [0.3, 0.4) is 0 Å². The van der Waals surface area contributed by atoms with Gasteiger partial charge in [0, 0.05) is 6.54 Å². The topological polar surface area (TPSA) is 72.9 Å². The van der Waals surface area contributed by atoms with Crippen LogP contribution in [0.15, 0.2) is 0 Å². The summed E-state index contributed by atoms with van der Waals surface area (Å²) >= 11 is 6.05. The Labute approximate surface area is 106 Å². The van der Waals surface area contributed by atoms with Gasteiger partial charge in [-0.05, 0) is 26.8 Å². The molecule has 3 N–H and O–H groups in total. The van der Waals surface area contributed by atoms with E-state index in [9.17, 15) is 4.79 Å². The Bertz CT molecular complexity index is 402. The SMILES string of the molecule is CCNC(CCn1nc(C)c(Cl)c1C)C(N)=O. The van der Waals surface area contributed by atoms with Crippen molar-refractivity contribution in [2.24, 2.45) is 5.73 Å². The summed E-state index contributed by atoms with van der Waals surface area (Å²) in [5.74, 6) is -0.334. The van der Waals surface area contributed by atoms with Gasteiger partial charge in [-0.3, -0.25) is 9.48 Å². The molecule has 1 amide bonds. The molecule has 0 saturated carbocycles. The number of nitrogens with one attached hydrogen (secondary N) is 1. The predicted molar refractivity (Wildman–Crippen MR) is 68.0 cm³/mol. The highest BCUT2D eigenvalue weighted by Gasteiger charge is 2.15. The van der Waals surface area contributed by atoms with Crippen LogP contribution in [0.1, 0.15) is 24.7 Å². The number of amides is 1. The molecule has 1 aromatic heterocycles. The average molecular weight is 259 g/mol. The second-order valence-corrected chi connectivity index (χ2v) is 4.39. The van der Waals surface area contributed by atoms with E-state index in [0.717, 1.165) is 11.4 Å². The molecule has 5 nitrogen and oxygen atoms in total. The molecule has 1 atom stereocenters. The minimum absolute atomic E-state index is 0.317. The molecule has 0 aliphatic rings. The van der Waals surface area contributed by atoms with Gasteiger partial charge >= 0.3 is 0 Å². The van der Waals surface area contributed by atoms with Crippen molar-refractivity contribution >= 4 is 17.5 Å². The molecule has 0 bridgehead atoms. The second kappa shape index (κ2) is 6.02. The van der Waals surface area contributed by atoms with Crippen molar-refractivity contribution in [2.45, 2.75) is 39.8 Å². The summed E-state index contributed by atoms with van der Waals surface area (Å²) in [6.45, 7) is 7.05. The normalized spacial score (nSPS) is 12.7. The molecule has 0 saturated heterocycles. The lowest BCUT2D eigenvalue weighted by Gasteiger charge is -2.14. The van der Waals surface area contributed by atoms with Gasteiger partial charge in [-0.25, -0.2) is 0 Å². The molecule has 0 aliphatic heterocycles. The molecular weight excluding hydrogens is 240 g/mol. The highest BCUT2D eigenvalue weighted by atomic mass is 35.5. The number of carbonyl (C=O) groups excluding carboxylic acids is 1. The lowest BCUT2D eigenvalue weighted by molar-refractivity contribution is -0.120. The minimum atomic E-state index is -0.334. The van der Waals surface area contributed by atoms with Crippen LogP contribution in [0.25, 0.3) is 0 Å². The Kier molecular flexibility index (Phi) is 4.96. The molecule has 0 fully saturated rings. The Morgan fingerprint density at radius 2 is 2.24 bits per heavy atom. The first-order valence-electron chi connectivity index (χ1n) is 5.69. The van der Waals surface area contributed by atoms with E-state index < -0.39 is 0 Å². The van der Waals surface area contributed by atoms with E-state index in [1.54, 1.807) is 0 Å². The van der Waals surface area contributed by atoms with E-state index in [1.807, 2.05) is 25.5 Å². The van der Waals surface area contributed by atoms with Gasteiger partial charge in [0.1, 0.15) is 0 Å². The van der Waals surface area contributed by atoms with Crippen LogP contribution in [-0.2, 0) is 11.3 Å². The lowest BCUT2D eigenvalue weighted by Crippen LogP contribution is -2.41. The van der Waals surface area contributed by atoms with Crippen LogP contribution in [0, 0.1) is 13.8 Å². The smallest absolute Gasteiger partial charge is 0.234 e. The summed E-state index contributed by atoms with van der Waals surface area (Å²) in [4.78, 5) is 11.2. The van der Waals surface area contributed by atoms with Crippen LogP contribution in [0.2, 0.25) is 5.02 Å². The number of aryl methyl sites for hydroxylation is 2. The summed E-state index contributed by atoms with van der Waals surface area (Å²) in [5.41, 5.74) is 7.03. The maximum absolute atomic E-state index is 11.2. The second-order valence-electron chi connectivity index (χ2n) is 4.01. The number of hydrogen-bond acceptors (Lipinski definition) is 3. The fraction of sp³-hybridized carbons (Fsp3) is 0.636. The number of likely N-dealkylation sites (N-methyl/N-ethyl adjacent to an activating group) is 1. The quantitative estimate of drug-likeness (QED) is 0.800. The average Bonchev–Trinajstić information content (AvgIpc) is 2.52. The van der Waals surface area contributed by atoms with Gasteiger partial charge in [0.15, 0.2) is 0 Å². The zero-order valence-electron chi connectivity index (χ0n) is 10.5. The Balaban J connectivity index is 2.65. The molecule has 1 aromatic rings. The number of halogens is 1. The molecule has 0 aliphatic carbocycles. The van der Waals surface area contributed by atoms with Crippen LogP contribution in [0.5, 0.6) is 0 Å². The van der Waals surface area contributed by atoms with E-state index in [-0.39, 0.29) is 11.9 Å². The minimum Gasteiger partial charge on any atom is -0.368 e. The van der Waals surface area contributed by atoms with E-state index >= 15 is 0 Å². The summed E-state index contributed by atoms with van der Waals surface area (Å²) < 4.78 is 1.81. The zero-order valence-corrected chi connectivity index (χ0v) is 11.2. The molecule has 1 heterocycles. The third-order valence-corrected chi connectivity index (χ3v) is 3.26. The summed E-state index contributed by atoms with van der Waals surface area (Å²) in [5, 5.41) is 8.03. The fourth-order valence-electron chi connectivity index (χ4n) is 1.74. The van der Waals surface area contributed by atoms with E-state index in [2.05, 4.69) is 10.4 Å².